The van der Waals surface area contributed by atoms with E-state index in [1.54, 1.807) is 12.1 Å². The first-order chi connectivity index (χ1) is 8.50. The quantitative estimate of drug-likeness (QED) is 0.892. The van der Waals surface area contributed by atoms with Crippen molar-refractivity contribution in [1.29, 1.82) is 0 Å². The van der Waals surface area contributed by atoms with Crippen LogP contribution in [-0.2, 0) is 10.2 Å². The number of carbonyl (C=O) groups excluding carboxylic acids is 1. The maximum atomic E-state index is 12.9. The van der Waals surface area contributed by atoms with E-state index in [1.165, 1.54) is 12.1 Å². The zero-order valence-corrected chi connectivity index (χ0v) is 12.0. The van der Waals surface area contributed by atoms with Crippen molar-refractivity contribution in [2.75, 3.05) is 13.1 Å². The van der Waals surface area contributed by atoms with E-state index in [9.17, 15) is 9.18 Å². The summed E-state index contributed by atoms with van der Waals surface area (Å²) < 4.78 is 12.9. The number of halogens is 2. The number of nitrogens with one attached hydrogen (secondary N) is 2. The van der Waals surface area contributed by atoms with Gasteiger partial charge in [0.25, 0.3) is 0 Å². The maximum Gasteiger partial charge on any atom is 0.230 e. The fraction of sp³-hybridized carbons (Fsp3) is 0.500. The molecule has 0 saturated carbocycles. The lowest BCUT2D eigenvalue weighted by molar-refractivity contribution is -0.126. The van der Waals surface area contributed by atoms with Gasteiger partial charge in [0.2, 0.25) is 5.91 Å². The second-order valence-corrected chi connectivity index (χ2v) is 5.30. The monoisotopic (exact) mass is 286 g/mol. The van der Waals surface area contributed by atoms with Gasteiger partial charge in [-0.05, 0) is 44.5 Å². The largest absolute Gasteiger partial charge is 0.351 e. The van der Waals surface area contributed by atoms with Gasteiger partial charge in [-0.1, -0.05) is 12.1 Å². The van der Waals surface area contributed by atoms with Crippen LogP contribution in [0.3, 0.4) is 0 Å². The van der Waals surface area contributed by atoms with Gasteiger partial charge in [0, 0.05) is 12.6 Å². The minimum absolute atomic E-state index is 0. The molecule has 2 rings (SSSR count). The zero-order valence-electron chi connectivity index (χ0n) is 11.2. The molecule has 3 nitrogen and oxygen atoms in total. The van der Waals surface area contributed by atoms with Gasteiger partial charge in [-0.2, -0.15) is 0 Å². The summed E-state index contributed by atoms with van der Waals surface area (Å²) in [5.74, 6) is -0.294. The summed E-state index contributed by atoms with van der Waals surface area (Å²) in [6.45, 7) is 5.49. The maximum absolute atomic E-state index is 12.9. The third-order valence-electron chi connectivity index (χ3n) is 3.53. The van der Waals surface area contributed by atoms with Gasteiger partial charge < -0.3 is 10.6 Å². The SMILES string of the molecule is CC(C)(C(=O)NC1CCNC1)c1ccc(F)cc1.Cl. The van der Waals surface area contributed by atoms with Crippen molar-refractivity contribution >= 4 is 18.3 Å². The van der Waals surface area contributed by atoms with E-state index in [4.69, 9.17) is 0 Å². The number of hydrogen-bond acceptors (Lipinski definition) is 2. The van der Waals surface area contributed by atoms with E-state index < -0.39 is 5.41 Å². The molecule has 0 aliphatic carbocycles. The molecule has 1 aliphatic heterocycles. The molecule has 1 aliphatic rings. The van der Waals surface area contributed by atoms with Crippen molar-refractivity contribution in [3.05, 3.63) is 35.6 Å². The Morgan fingerprint density at radius 1 is 1.37 bits per heavy atom. The normalized spacial score (nSPS) is 18.8. The van der Waals surface area contributed by atoms with E-state index in [1.807, 2.05) is 13.8 Å². The van der Waals surface area contributed by atoms with Crippen LogP contribution in [0.2, 0.25) is 0 Å². The molecule has 1 heterocycles. The molecule has 0 radical (unpaired) electrons. The van der Waals surface area contributed by atoms with Crippen molar-refractivity contribution in [2.24, 2.45) is 0 Å². The molecule has 106 valence electrons. The summed E-state index contributed by atoms with van der Waals surface area (Å²) in [5.41, 5.74) is 0.184. The minimum atomic E-state index is -0.643. The zero-order chi connectivity index (χ0) is 13.2. The highest BCUT2D eigenvalue weighted by atomic mass is 35.5. The third kappa shape index (κ3) is 3.67. The van der Waals surface area contributed by atoms with E-state index >= 15 is 0 Å². The Hall–Kier alpha value is -1.13. The summed E-state index contributed by atoms with van der Waals surface area (Å²) in [6, 6.07) is 6.32. The molecule has 1 aromatic rings. The Labute approximate surface area is 119 Å². The number of amides is 1. The smallest absolute Gasteiger partial charge is 0.230 e. The van der Waals surface area contributed by atoms with Gasteiger partial charge in [-0.25, -0.2) is 4.39 Å². The first-order valence-electron chi connectivity index (χ1n) is 6.28. The summed E-state index contributed by atoms with van der Waals surface area (Å²) in [4.78, 5) is 12.3. The van der Waals surface area contributed by atoms with E-state index in [2.05, 4.69) is 10.6 Å². The van der Waals surface area contributed by atoms with Crippen LogP contribution in [0.25, 0.3) is 0 Å². The number of hydrogen-bond donors (Lipinski definition) is 2. The average molecular weight is 287 g/mol. The molecule has 2 N–H and O–H groups in total. The number of benzene rings is 1. The molecule has 0 bridgehead atoms. The molecule has 1 fully saturated rings. The van der Waals surface area contributed by atoms with Gasteiger partial charge in [0.15, 0.2) is 0 Å². The lowest BCUT2D eigenvalue weighted by atomic mass is 9.83. The Kier molecular flexibility index (Phi) is 5.32. The van der Waals surface area contributed by atoms with Crippen molar-refractivity contribution in [2.45, 2.75) is 31.7 Å². The fourth-order valence-electron chi connectivity index (χ4n) is 2.14. The standard InChI is InChI=1S/C14H19FN2O.ClH/c1-14(2,10-3-5-11(15)6-4-10)13(18)17-12-7-8-16-9-12;/h3-6,12,16H,7-9H2,1-2H3,(H,17,18);1H. The first kappa shape index (κ1) is 15.9. The highest BCUT2D eigenvalue weighted by molar-refractivity contribution is 5.87. The van der Waals surface area contributed by atoms with Crippen molar-refractivity contribution in [1.82, 2.24) is 10.6 Å². The Morgan fingerprint density at radius 2 is 2.00 bits per heavy atom. The second kappa shape index (κ2) is 6.35. The summed E-state index contributed by atoms with van der Waals surface area (Å²) in [5, 5.41) is 6.25. The molecule has 0 spiro atoms. The van der Waals surface area contributed by atoms with Crippen LogP contribution in [0.15, 0.2) is 24.3 Å². The van der Waals surface area contributed by atoms with E-state index in [0.29, 0.717) is 0 Å². The molecule has 0 aromatic heterocycles. The Morgan fingerprint density at radius 3 is 2.53 bits per heavy atom. The van der Waals surface area contributed by atoms with Crippen LogP contribution in [0.1, 0.15) is 25.8 Å². The van der Waals surface area contributed by atoms with Gasteiger partial charge in [0.1, 0.15) is 5.82 Å². The van der Waals surface area contributed by atoms with Crippen molar-refractivity contribution in [3.8, 4) is 0 Å². The molecular formula is C14H20ClFN2O. The fourth-order valence-corrected chi connectivity index (χ4v) is 2.14. The molecule has 1 saturated heterocycles. The average Bonchev–Trinajstić information content (AvgIpc) is 2.82. The molecule has 1 atom stereocenters. The molecule has 1 aromatic carbocycles. The van der Waals surface area contributed by atoms with Crippen molar-refractivity contribution < 1.29 is 9.18 Å². The molecule has 5 heteroatoms. The highest BCUT2D eigenvalue weighted by Gasteiger charge is 2.31. The van der Waals surface area contributed by atoms with Gasteiger partial charge >= 0.3 is 0 Å². The Bertz CT molecular complexity index is 428. The predicted molar refractivity (Wildman–Crippen MR) is 76.1 cm³/mol. The topological polar surface area (TPSA) is 41.1 Å². The van der Waals surface area contributed by atoms with Gasteiger partial charge in [-0.15, -0.1) is 12.4 Å². The second-order valence-electron chi connectivity index (χ2n) is 5.30. The Balaban J connectivity index is 0.00000180. The van der Waals surface area contributed by atoms with Gasteiger partial charge in [-0.3, -0.25) is 4.79 Å². The van der Waals surface area contributed by atoms with Crippen LogP contribution < -0.4 is 10.6 Å². The van der Waals surface area contributed by atoms with Crippen LogP contribution in [0, 0.1) is 5.82 Å². The van der Waals surface area contributed by atoms with Crippen LogP contribution >= 0.6 is 12.4 Å². The first-order valence-corrected chi connectivity index (χ1v) is 6.28. The lowest BCUT2D eigenvalue weighted by Crippen LogP contribution is -2.45. The molecule has 1 unspecified atom stereocenters. The predicted octanol–water partition coefficient (Wildman–Crippen LogP) is 2.00. The highest BCUT2D eigenvalue weighted by Crippen LogP contribution is 2.24. The summed E-state index contributed by atoms with van der Waals surface area (Å²) in [6.07, 6.45) is 0.964. The molecule has 19 heavy (non-hydrogen) atoms. The van der Waals surface area contributed by atoms with E-state index in [-0.39, 0.29) is 30.2 Å². The molecular weight excluding hydrogens is 267 g/mol. The lowest BCUT2D eigenvalue weighted by Gasteiger charge is -2.26. The van der Waals surface area contributed by atoms with Crippen molar-refractivity contribution in [3.63, 3.8) is 0 Å². The molecule has 1 amide bonds. The summed E-state index contributed by atoms with van der Waals surface area (Å²) in [7, 11) is 0. The minimum Gasteiger partial charge on any atom is -0.351 e. The van der Waals surface area contributed by atoms with E-state index in [0.717, 1.165) is 25.1 Å². The third-order valence-corrected chi connectivity index (χ3v) is 3.53. The van der Waals surface area contributed by atoms with Crippen LogP contribution in [0.5, 0.6) is 0 Å². The summed E-state index contributed by atoms with van der Waals surface area (Å²) >= 11 is 0. The van der Waals surface area contributed by atoms with Crippen LogP contribution in [-0.4, -0.2) is 25.0 Å². The number of carbonyl (C=O) groups is 1. The van der Waals surface area contributed by atoms with Crippen LogP contribution in [0.4, 0.5) is 4.39 Å². The van der Waals surface area contributed by atoms with Gasteiger partial charge in [0.05, 0.1) is 5.41 Å². The number of rotatable bonds is 3.